The standard InChI is InChI=1S/C16H16N2OS/c19-11-10-17-14-8-4-5-9-15(14)18(16(17)20)12-13-6-2-1-3-7-13/h1-9,19H,10-12H2. The number of rotatable bonds is 4. The Kier molecular flexibility index (Phi) is 3.67. The summed E-state index contributed by atoms with van der Waals surface area (Å²) in [6.07, 6.45) is 0. The van der Waals surface area contributed by atoms with E-state index < -0.39 is 0 Å². The van der Waals surface area contributed by atoms with Gasteiger partial charge in [0.05, 0.1) is 24.2 Å². The molecule has 3 rings (SSSR count). The second-order valence-electron chi connectivity index (χ2n) is 4.72. The number of fused-ring (bicyclic) bond motifs is 1. The molecule has 0 saturated heterocycles. The molecule has 0 spiro atoms. The quantitative estimate of drug-likeness (QED) is 0.746. The van der Waals surface area contributed by atoms with E-state index in [1.165, 1.54) is 5.56 Å². The van der Waals surface area contributed by atoms with Gasteiger partial charge in [-0.15, -0.1) is 0 Å². The van der Waals surface area contributed by atoms with Crippen LogP contribution < -0.4 is 0 Å². The number of hydrogen-bond donors (Lipinski definition) is 1. The van der Waals surface area contributed by atoms with Gasteiger partial charge in [0, 0.05) is 6.54 Å². The highest BCUT2D eigenvalue weighted by molar-refractivity contribution is 7.71. The highest BCUT2D eigenvalue weighted by Crippen LogP contribution is 2.19. The molecule has 1 heterocycles. The molecule has 0 saturated carbocycles. The Morgan fingerprint density at radius 1 is 0.850 bits per heavy atom. The minimum absolute atomic E-state index is 0.0909. The van der Waals surface area contributed by atoms with Crippen LogP contribution in [0.4, 0.5) is 0 Å². The van der Waals surface area contributed by atoms with E-state index in [0.717, 1.165) is 22.3 Å². The average Bonchev–Trinajstić information content (AvgIpc) is 2.75. The van der Waals surface area contributed by atoms with Gasteiger partial charge < -0.3 is 14.2 Å². The van der Waals surface area contributed by atoms with E-state index in [-0.39, 0.29) is 6.61 Å². The Labute approximate surface area is 122 Å². The van der Waals surface area contributed by atoms with Gasteiger partial charge in [-0.1, -0.05) is 42.5 Å². The monoisotopic (exact) mass is 284 g/mol. The first kappa shape index (κ1) is 13.1. The number of nitrogens with zero attached hydrogens (tertiary/aromatic N) is 2. The molecule has 2 aromatic carbocycles. The Bertz CT molecular complexity index is 774. The molecule has 0 aliphatic heterocycles. The molecule has 20 heavy (non-hydrogen) atoms. The van der Waals surface area contributed by atoms with E-state index in [4.69, 9.17) is 12.2 Å². The third kappa shape index (κ3) is 2.28. The normalized spacial score (nSPS) is 11.1. The highest BCUT2D eigenvalue weighted by Gasteiger charge is 2.09. The van der Waals surface area contributed by atoms with E-state index in [2.05, 4.69) is 22.8 Å². The first-order valence-electron chi connectivity index (χ1n) is 6.64. The third-order valence-electron chi connectivity index (χ3n) is 3.43. The van der Waals surface area contributed by atoms with Crippen LogP contribution in [0.5, 0.6) is 0 Å². The number of aliphatic hydroxyl groups excluding tert-OH is 1. The van der Waals surface area contributed by atoms with Gasteiger partial charge in [-0.05, 0) is 29.9 Å². The maximum atomic E-state index is 9.23. The molecule has 1 aromatic heterocycles. The van der Waals surface area contributed by atoms with Crippen molar-refractivity contribution >= 4 is 23.3 Å². The van der Waals surface area contributed by atoms with Crippen LogP contribution in [0.1, 0.15) is 5.56 Å². The molecule has 0 fully saturated rings. The zero-order chi connectivity index (χ0) is 13.9. The predicted octanol–water partition coefficient (Wildman–Crippen LogP) is 3.21. The van der Waals surface area contributed by atoms with Crippen molar-refractivity contribution in [3.8, 4) is 0 Å². The maximum absolute atomic E-state index is 9.23. The Balaban J connectivity index is 2.15. The summed E-state index contributed by atoms with van der Waals surface area (Å²) in [5.74, 6) is 0. The minimum atomic E-state index is 0.0909. The molecule has 0 amide bonds. The summed E-state index contributed by atoms with van der Waals surface area (Å²) in [6, 6.07) is 18.4. The Hall–Kier alpha value is -1.91. The summed E-state index contributed by atoms with van der Waals surface area (Å²) in [5.41, 5.74) is 3.40. The summed E-state index contributed by atoms with van der Waals surface area (Å²) in [4.78, 5) is 0. The van der Waals surface area contributed by atoms with Crippen LogP contribution in [-0.4, -0.2) is 20.8 Å². The topological polar surface area (TPSA) is 30.1 Å². The number of imidazole rings is 1. The number of aliphatic hydroxyl groups is 1. The molecule has 0 radical (unpaired) electrons. The summed E-state index contributed by atoms with van der Waals surface area (Å²) in [6.45, 7) is 1.37. The second kappa shape index (κ2) is 5.61. The number of hydrogen-bond acceptors (Lipinski definition) is 2. The number of para-hydroxylation sites is 2. The van der Waals surface area contributed by atoms with Gasteiger partial charge >= 0.3 is 0 Å². The largest absolute Gasteiger partial charge is 0.395 e. The molecule has 1 N–H and O–H groups in total. The molecule has 4 heteroatoms. The molecule has 0 aliphatic carbocycles. The summed E-state index contributed by atoms with van der Waals surface area (Å²) in [7, 11) is 0. The third-order valence-corrected chi connectivity index (χ3v) is 3.87. The second-order valence-corrected chi connectivity index (χ2v) is 5.08. The summed E-state index contributed by atoms with van der Waals surface area (Å²) >= 11 is 5.57. The van der Waals surface area contributed by atoms with Crippen molar-refractivity contribution in [3.63, 3.8) is 0 Å². The van der Waals surface area contributed by atoms with Gasteiger partial charge in [0.1, 0.15) is 0 Å². The van der Waals surface area contributed by atoms with Gasteiger partial charge in [0.15, 0.2) is 4.77 Å². The van der Waals surface area contributed by atoms with E-state index in [1.54, 1.807) is 0 Å². The lowest BCUT2D eigenvalue weighted by atomic mass is 10.2. The highest BCUT2D eigenvalue weighted by atomic mass is 32.1. The molecule has 3 aromatic rings. The van der Waals surface area contributed by atoms with Crippen molar-refractivity contribution in [1.82, 2.24) is 9.13 Å². The van der Waals surface area contributed by atoms with Gasteiger partial charge in [0.2, 0.25) is 0 Å². The number of aromatic nitrogens is 2. The molecule has 102 valence electrons. The van der Waals surface area contributed by atoms with Gasteiger partial charge in [-0.3, -0.25) is 0 Å². The molecule has 0 atom stereocenters. The van der Waals surface area contributed by atoms with Crippen molar-refractivity contribution < 1.29 is 5.11 Å². The summed E-state index contributed by atoms with van der Waals surface area (Å²) < 4.78 is 4.87. The molecule has 0 bridgehead atoms. The SMILES string of the molecule is OCCn1c(=S)n(Cc2ccccc2)c2ccccc21. The van der Waals surface area contributed by atoms with Crippen molar-refractivity contribution in [2.45, 2.75) is 13.1 Å². The number of benzene rings is 2. The maximum Gasteiger partial charge on any atom is 0.181 e. The lowest BCUT2D eigenvalue weighted by Crippen LogP contribution is -2.05. The zero-order valence-electron chi connectivity index (χ0n) is 11.1. The Morgan fingerprint density at radius 3 is 2.10 bits per heavy atom. The van der Waals surface area contributed by atoms with Crippen LogP contribution in [0.3, 0.4) is 0 Å². The van der Waals surface area contributed by atoms with Gasteiger partial charge in [0.25, 0.3) is 0 Å². The van der Waals surface area contributed by atoms with Gasteiger partial charge in [-0.2, -0.15) is 0 Å². The fourth-order valence-corrected chi connectivity index (χ4v) is 2.86. The van der Waals surface area contributed by atoms with Crippen molar-refractivity contribution in [1.29, 1.82) is 0 Å². The molecule has 0 unspecified atom stereocenters. The molecular weight excluding hydrogens is 268 g/mol. The first-order valence-corrected chi connectivity index (χ1v) is 7.05. The van der Waals surface area contributed by atoms with E-state index in [0.29, 0.717) is 6.54 Å². The van der Waals surface area contributed by atoms with Crippen LogP contribution >= 0.6 is 12.2 Å². The smallest absolute Gasteiger partial charge is 0.181 e. The van der Waals surface area contributed by atoms with Crippen LogP contribution in [0.25, 0.3) is 11.0 Å². The van der Waals surface area contributed by atoms with E-state index >= 15 is 0 Å². The van der Waals surface area contributed by atoms with Crippen LogP contribution in [-0.2, 0) is 13.1 Å². The van der Waals surface area contributed by atoms with Crippen molar-refractivity contribution in [2.24, 2.45) is 0 Å². The predicted molar refractivity (Wildman–Crippen MR) is 83.4 cm³/mol. The molecule has 0 aliphatic rings. The van der Waals surface area contributed by atoms with Crippen LogP contribution in [0, 0.1) is 4.77 Å². The summed E-state index contributed by atoms with van der Waals surface area (Å²) in [5, 5.41) is 9.23. The van der Waals surface area contributed by atoms with Crippen LogP contribution in [0.2, 0.25) is 0 Å². The Morgan fingerprint density at radius 2 is 1.45 bits per heavy atom. The molecular formula is C16H16N2OS. The van der Waals surface area contributed by atoms with Crippen molar-refractivity contribution in [2.75, 3.05) is 6.61 Å². The molecule has 3 nitrogen and oxygen atoms in total. The van der Waals surface area contributed by atoms with Gasteiger partial charge in [-0.25, -0.2) is 0 Å². The van der Waals surface area contributed by atoms with E-state index in [9.17, 15) is 5.11 Å². The fourth-order valence-electron chi connectivity index (χ4n) is 2.51. The fraction of sp³-hybridized carbons (Fsp3) is 0.188. The zero-order valence-corrected chi connectivity index (χ0v) is 11.9. The average molecular weight is 284 g/mol. The van der Waals surface area contributed by atoms with E-state index in [1.807, 2.05) is 41.0 Å². The minimum Gasteiger partial charge on any atom is -0.395 e. The lowest BCUT2D eigenvalue weighted by Gasteiger charge is -2.04. The first-order chi connectivity index (χ1) is 9.81. The van der Waals surface area contributed by atoms with Crippen LogP contribution in [0.15, 0.2) is 54.6 Å². The lowest BCUT2D eigenvalue weighted by molar-refractivity contribution is 0.276. The van der Waals surface area contributed by atoms with Crippen molar-refractivity contribution in [3.05, 3.63) is 64.9 Å².